The molecule has 2 amide bonds. The normalized spacial score (nSPS) is 13.5. The first kappa shape index (κ1) is 52.6. The van der Waals surface area contributed by atoms with Crippen LogP contribution in [0.2, 0.25) is 23.2 Å². The van der Waals surface area contributed by atoms with Gasteiger partial charge in [0.05, 0.1) is 52.2 Å². The van der Waals surface area contributed by atoms with E-state index in [9.17, 15) is 20.2 Å². The number of azide groups is 1. The quantitative estimate of drug-likeness (QED) is 0.0249. The van der Waals surface area contributed by atoms with Gasteiger partial charge in [-0.2, -0.15) is 0 Å². The number of halogens is 1. The highest BCUT2D eigenvalue weighted by molar-refractivity contribution is 6.74. The Morgan fingerprint density at radius 3 is 2.11 bits per heavy atom. The van der Waals surface area contributed by atoms with E-state index < -0.39 is 56.1 Å². The van der Waals surface area contributed by atoms with Crippen molar-refractivity contribution < 1.29 is 52.3 Å². The van der Waals surface area contributed by atoms with E-state index in [0.29, 0.717) is 39.5 Å². The second kappa shape index (κ2) is 23.0. The molecule has 0 aliphatic heterocycles. The van der Waals surface area contributed by atoms with Gasteiger partial charge in [-0.1, -0.05) is 80.0 Å². The maximum Gasteiger partial charge on any atom is 0.408 e. The van der Waals surface area contributed by atoms with E-state index in [4.69, 9.17) is 44.4 Å². The zero-order valence-corrected chi connectivity index (χ0v) is 41.4. The van der Waals surface area contributed by atoms with E-state index in [1.165, 1.54) is 33.5 Å². The van der Waals surface area contributed by atoms with E-state index >= 15 is 4.79 Å². The second-order valence-electron chi connectivity index (χ2n) is 17.8. The topological polar surface area (TPSA) is 209 Å². The van der Waals surface area contributed by atoms with Crippen LogP contribution in [0, 0.1) is 0 Å². The van der Waals surface area contributed by atoms with Gasteiger partial charge in [-0.25, -0.2) is 9.59 Å². The minimum Gasteiger partial charge on any atom is -0.506 e. The van der Waals surface area contributed by atoms with Crippen LogP contribution in [-0.4, -0.2) is 77.6 Å². The van der Waals surface area contributed by atoms with Gasteiger partial charge in [0.2, 0.25) is 5.91 Å². The van der Waals surface area contributed by atoms with Crippen LogP contribution < -0.4 is 24.8 Å². The first-order valence-corrected chi connectivity index (χ1v) is 24.6. The Balaban J connectivity index is 1.95. The van der Waals surface area contributed by atoms with Crippen molar-refractivity contribution in [3.8, 4) is 34.1 Å². The van der Waals surface area contributed by atoms with E-state index in [1.54, 1.807) is 64.1 Å². The van der Waals surface area contributed by atoms with Crippen molar-refractivity contribution in [1.29, 1.82) is 0 Å². The molecule has 4 atom stereocenters. The summed E-state index contributed by atoms with van der Waals surface area (Å²) in [6, 6.07) is 18.1. The van der Waals surface area contributed by atoms with Crippen LogP contribution >= 0.6 is 11.6 Å². The summed E-state index contributed by atoms with van der Waals surface area (Å²) in [4.78, 5) is 46.0. The van der Waals surface area contributed by atoms with Crippen LogP contribution in [-0.2, 0) is 34.8 Å². The number of carbonyl (C=O) groups is 3. The third kappa shape index (κ3) is 13.8. The number of nitrogens with one attached hydrogen (secondary N) is 2. The maximum atomic E-state index is 15.0. The maximum absolute atomic E-state index is 15.0. The molecular formula is C48H62ClN5O11Si. The summed E-state index contributed by atoms with van der Waals surface area (Å²) < 4.78 is 41.7. The lowest BCUT2D eigenvalue weighted by Gasteiger charge is -2.41. The number of esters is 1. The third-order valence-electron chi connectivity index (χ3n) is 10.9. The van der Waals surface area contributed by atoms with E-state index in [2.05, 4.69) is 20.7 Å². The Labute approximate surface area is 392 Å². The molecule has 0 fully saturated rings. The first-order chi connectivity index (χ1) is 31.1. The van der Waals surface area contributed by atoms with Crippen LogP contribution in [0.4, 0.5) is 4.79 Å². The number of aromatic hydroxyl groups is 1. The molecule has 0 saturated carbocycles. The Morgan fingerprint density at radius 1 is 0.864 bits per heavy atom. The number of ether oxygens (including phenoxy) is 6. The molecule has 0 radical (unpaired) electrons. The van der Waals surface area contributed by atoms with Crippen molar-refractivity contribution in [2.24, 2.45) is 5.11 Å². The fraction of sp³-hybridized carbons (Fsp3) is 0.438. The molecule has 4 rings (SSSR count). The molecule has 0 bridgehead atoms. The molecule has 0 aliphatic carbocycles. The Bertz CT molecular complexity index is 2370. The van der Waals surface area contributed by atoms with E-state index in [0.717, 1.165) is 5.56 Å². The summed E-state index contributed by atoms with van der Waals surface area (Å²) in [6.07, 6.45) is -2.11. The minimum absolute atomic E-state index is 0.000663. The smallest absolute Gasteiger partial charge is 0.408 e. The summed E-state index contributed by atoms with van der Waals surface area (Å²) in [5.41, 5.74) is 11.6. The molecule has 18 heteroatoms. The van der Waals surface area contributed by atoms with Gasteiger partial charge < -0.3 is 48.6 Å². The number of hydrogen-bond donors (Lipinski definition) is 3. The van der Waals surface area contributed by atoms with Crippen LogP contribution in [0.5, 0.6) is 23.0 Å². The largest absolute Gasteiger partial charge is 0.506 e. The number of phenolic OH excluding ortho intramolecular Hbond substituents is 1. The van der Waals surface area contributed by atoms with Gasteiger partial charge in [0, 0.05) is 22.1 Å². The van der Waals surface area contributed by atoms with Gasteiger partial charge in [-0.3, -0.25) is 4.79 Å². The molecule has 0 aromatic heterocycles. The molecule has 0 spiro atoms. The lowest BCUT2D eigenvalue weighted by molar-refractivity contribution is -0.150. The molecule has 356 valence electrons. The van der Waals surface area contributed by atoms with Crippen molar-refractivity contribution >= 4 is 37.9 Å². The van der Waals surface area contributed by atoms with Crippen LogP contribution in [0.1, 0.15) is 88.9 Å². The summed E-state index contributed by atoms with van der Waals surface area (Å²) in [5, 5.41) is 19.7. The molecule has 4 aromatic carbocycles. The Morgan fingerprint density at radius 2 is 1.53 bits per heavy atom. The number of rotatable bonds is 20. The first-order valence-electron chi connectivity index (χ1n) is 21.3. The van der Waals surface area contributed by atoms with E-state index in [-0.39, 0.29) is 41.2 Å². The second-order valence-corrected chi connectivity index (χ2v) is 23.0. The molecule has 4 aromatic rings. The number of methoxy groups -OCH3 is 3. The number of benzene rings is 4. The standard InChI is InChI=1S/C48H62ClN5O11Si/c1-13-63-45(57)42(43(65-66(11,12)48(5,6)7)31-19-21-37(55)35(49)24-31)51-44(56)41(52-46(58)64-47(2,3)4)30-20-22-38(60-9)34(23-30)40-33(25-32(59-8)26-39(40)61-10)36(53-54-50)28-62-27-29-17-15-14-16-18-29/h14-26,36,41-43,55H,13,27-28H2,1-12H3,(H,51,56)(H,52,58)/t36-,41-,42+,43-/m1/s1. The number of hydrogen-bond acceptors (Lipinski definition) is 12. The molecule has 0 aliphatic rings. The van der Waals surface area contributed by atoms with Crippen LogP contribution in [0.15, 0.2) is 84.0 Å². The van der Waals surface area contributed by atoms with E-state index in [1.807, 2.05) is 64.2 Å². The number of amides is 2. The van der Waals surface area contributed by atoms with Crippen molar-refractivity contribution in [3.63, 3.8) is 0 Å². The molecule has 0 saturated heterocycles. The number of phenols is 1. The van der Waals surface area contributed by atoms with Gasteiger partial charge in [0.15, 0.2) is 14.4 Å². The number of alkyl carbamates (subject to hydrolysis) is 1. The summed E-state index contributed by atoms with van der Waals surface area (Å²) in [5.74, 6) is -0.852. The lowest BCUT2D eigenvalue weighted by Crippen LogP contribution is -2.53. The molecule has 3 N–H and O–H groups in total. The van der Waals surface area contributed by atoms with Gasteiger partial charge in [-0.05, 0) is 104 Å². The van der Waals surface area contributed by atoms with Crippen molar-refractivity contribution in [1.82, 2.24) is 10.6 Å². The van der Waals surface area contributed by atoms with Gasteiger partial charge in [-0.15, -0.1) is 0 Å². The molecule has 66 heavy (non-hydrogen) atoms. The SMILES string of the molecule is CCOC(=O)[C@@H](NC(=O)[C@H](NC(=O)OC(C)(C)C)c1ccc(OC)c(-c2c(OC)cc(OC)cc2[C@@H](COCc2ccccc2)N=[N+]=[N-])c1)[C@H](O[Si](C)(C)C(C)(C)C)c1ccc(O)c(Cl)c1. The fourth-order valence-corrected chi connectivity index (χ4v) is 8.08. The average molecular weight is 949 g/mol. The fourth-order valence-electron chi connectivity index (χ4n) is 6.63. The summed E-state index contributed by atoms with van der Waals surface area (Å²) in [6.45, 7) is 16.9. The zero-order chi connectivity index (χ0) is 49.0. The highest BCUT2D eigenvalue weighted by Gasteiger charge is 2.45. The predicted molar refractivity (Wildman–Crippen MR) is 254 cm³/mol. The molecule has 16 nitrogen and oxygen atoms in total. The average Bonchev–Trinajstić information content (AvgIpc) is 3.26. The monoisotopic (exact) mass is 947 g/mol. The Hall–Kier alpha value is -5.97. The molecular weight excluding hydrogens is 886 g/mol. The molecule has 0 unspecified atom stereocenters. The van der Waals surface area contributed by atoms with Crippen LogP contribution in [0.25, 0.3) is 21.6 Å². The van der Waals surface area contributed by atoms with Crippen molar-refractivity contribution in [2.75, 3.05) is 34.5 Å². The van der Waals surface area contributed by atoms with Crippen molar-refractivity contribution in [3.05, 3.63) is 117 Å². The third-order valence-corrected chi connectivity index (χ3v) is 15.7. The van der Waals surface area contributed by atoms with Gasteiger partial charge in [0.1, 0.15) is 40.7 Å². The number of carbonyl (C=O) groups excluding carboxylic acids is 3. The highest BCUT2D eigenvalue weighted by Crippen LogP contribution is 2.46. The lowest BCUT2D eigenvalue weighted by atomic mass is 9.91. The summed E-state index contributed by atoms with van der Waals surface area (Å²) >= 11 is 6.42. The predicted octanol–water partition coefficient (Wildman–Crippen LogP) is 10.7. The summed E-state index contributed by atoms with van der Waals surface area (Å²) in [7, 11) is 1.66. The minimum atomic E-state index is -2.75. The van der Waals surface area contributed by atoms with Gasteiger partial charge >= 0.3 is 12.1 Å². The van der Waals surface area contributed by atoms with Crippen molar-refractivity contribution in [2.45, 2.75) is 103 Å². The number of nitrogens with zero attached hydrogens (tertiary/aromatic N) is 3. The molecule has 0 heterocycles. The Kier molecular flexibility index (Phi) is 18.3. The highest BCUT2D eigenvalue weighted by atomic mass is 35.5. The van der Waals surface area contributed by atoms with Crippen LogP contribution in [0.3, 0.4) is 0 Å². The zero-order valence-electron chi connectivity index (χ0n) is 39.7. The van der Waals surface area contributed by atoms with Gasteiger partial charge in [0.25, 0.3) is 0 Å².